The maximum atomic E-state index is 10.9. The average Bonchev–Trinajstić information content (AvgIpc) is 2.16. The van der Waals surface area contributed by atoms with Gasteiger partial charge in [0.05, 0.1) is 14.7 Å². The molecule has 0 aromatic heterocycles. The van der Waals surface area contributed by atoms with E-state index in [1.165, 1.54) is 12.1 Å². The van der Waals surface area contributed by atoms with Crippen LogP contribution in [-0.4, -0.2) is 22.2 Å². The summed E-state index contributed by atoms with van der Waals surface area (Å²) in [7, 11) is 0. The lowest BCUT2D eigenvalue weighted by Gasteiger charge is -2.04. The van der Waals surface area contributed by atoms with Crippen LogP contribution in [0.15, 0.2) is 12.1 Å². The van der Waals surface area contributed by atoms with E-state index >= 15 is 0 Å². The van der Waals surface area contributed by atoms with Crippen molar-refractivity contribution in [2.45, 2.75) is 6.92 Å². The largest absolute Gasteiger partial charge is 0.478 e. The molecule has 2 N–H and O–H groups in total. The highest BCUT2D eigenvalue weighted by Crippen LogP contribution is 2.23. The fourth-order valence-electron chi connectivity index (χ4n) is 1.16. The van der Waals surface area contributed by atoms with Crippen molar-refractivity contribution in [3.05, 3.63) is 32.4 Å². The van der Waals surface area contributed by atoms with Crippen LogP contribution in [0.5, 0.6) is 0 Å². The Balaban J connectivity index is 3.59. The van der Waals surface area contributed by atoms with Gasteiger partial charge in [0.15, 0.2) is 21.2 Å². The lowest BCUT2D eigenvalue weighted by atomic mass is 10.1. The van der Waals surface area contributed by atoms with Crippen LogP contribution in [0.3, 0.4) is 0 Å². The number of hydrogen-bond acceptors (Lipinski definition) is 3. The van der Waals surface area contributed by atoms with Crippen LogP contribution in [0.1, 0.15) is 26.3 Å². The highest BCUT2D eigenvalue weighted by Gasteiger charge is 2.19. The first-order valence-electron chi connectivity index (χ1n) is 3.85. The van der Waals surface area contributed by atoms with Crippen molar-refractivity contribution >= 4 is 33.1 Å². The first-order valence-corrected chi connectivity index (χ1v) is 5.81. The molecule has 6 heteroatoms. The Kier molecular flexibility index (Phi) is 3.51. The second kappa shape index (κ2) is 4.47. The third-order valence-corrected chi connectivity index (χ3v) is 3.36. The molecule has 1 aromatic carbocycles. The summed E-state index contributed by atoms with van der Waals surface area (Å²) in [6.45, 7) is 1.59. The molecular weight excluding hydrogens is 315 g/mol. The molecule has 0 radical (unpaired) electrons. The zero-order valence-corrected chi connectivity index (χ0v) is 9.81. The van der Waals surface area contributed by atoms with E-state index in [-0.39, 0.29) is 14.7 Å². The van der Waals surface area contributed by atoms with Crippen molar-refractivity contribution in [1.82, 2.24) is 0 Å². The first kappa shape index (κ1) is 11.8. The Morgan fingerprint density at radius 3 is 1.80 bits per heavy atom. The molecule has 0 saturated heterocycles. The summed E-state index contributed by atoms with van der Waals surface area (Å²) < 4.78 is 10.8. The van der Waals surface area contributed by atoms with E-state index in [4.69, 9.17) is 10.2 Å². The van der Waals surface area contributed by atoms with Gasteiger partial charge in [0.25, 0.3) is 0 Å². The van der Waals surface area contributed by atoms with Crippen LogP contribution in [0, 0.1) is 10.5 Å². The van der Waals surface area contributed by atoms with Crippen LogP contribution in [0.25, 0.3) is 0 Å². The minimum absolute atomic E-state index is 0.0700. The summed E-state index contributed by atoms with van der Waals surface area (Å²) in [5, 5.41) is 17.6. The zero-order valence-electron chi connectivity index (χ0n) is 7.65. The van der Waals surface area contributed by atoms with Gasteiger partial charge in [-0.05, 0) is 24.6 Å². The van der Waals surface area contributed by atoms with E-state index < -0.39 is 33.1 Å². The monoisotopic (exact) mass is 322 g/mol. The van der Waals surface area contributed by atoms with Crippen LogP contribution >= 0.6 is 21.2 Å². The van der Waals surface area contributed by atoms with Gasteiger partial charge in [0, 0.05) is 0 Å². The number of carboxylic acid groups (broad SMARTS) is 2. The lowest BCUT2D eigenvalue weighted by Crippen LogP contribution is -2.08. The average molecular weight is 322 g/mol. The summed E-state index contributed by atoms with van der Waals surface area (Å²) in [6, 6.07) is 2.64. The van der Waals surface area contributed by atoms with E-state index in [2.05, 4.69) is 0 Å². The predicted molar refractivity (Wildman–Crippen MR) is 58.5 cm³/mol. The normalized spacial score (nSPS) is 9.93. The Hall–Kier alpha value is -1.31. The van der Waals surface area contributed by atoms with E-state index in [1.807, 2.05) is 0 Å². The number of aromatic carboxylic acids is 2. The number of hydrogen-bond donors (Lipinski definition) is 2. The number of carbonyl (C=O) groups is 2. The third-order valence-electron chi connectivity index (χ3n) is 1.75. The summed E-state index contributed by atoms with van der Waals surface area (Å²) in [6.07, 6.45) is 0. The van der Waals surface area contributed by atoms with Crippen molar-refractivity contribution < 1.29 is 22.9 Å². The molecule has 0 bridgehead atoms. The molecule has 0 fully saturated rings. The first-order chi connectivity index (χ1) is 6.97. The van der Waals surface area contributed by atoms with Gasteiger partial charge in [-0.2, -0.15) is 0 Å². The molecule has 15 heavy (non-hydrogen) atoms. The minimum atomic E-state index is -1.83. The van der Waals surface area contributed by atoms with E-state index in [9.17, 15) is 12.7 Å². The molecule has 0 amide bonds. The fourth-order valence-corrected chi connectivity index (χ4v) is 2.41. The molecule has 0 aliphatic carbocycles. The van der Waals surface area contributed by atoms with Crippen molar-refractivity contribution in [3.8, 4) is 0 Å². The van der Waals surface area contributed by atoms with Gasteiger partial charge in [-0.1, -0.05) is 0 Å². The van der Waals surface area contributed by atoms with Crippen LogP contribution in [0.2, 0.25) is 0 Å². The highest BCUT2D eigenvalue weighted by molar-refractivity contribution is 14.1. The second-order valence-corrected chi connectivity index (χ2v) is 4.38. The van der Waals surface area contributed by atoms with Crippen LogP contribution in [0.4, 0.5) is 0 Å². The van der Waals surface area contributed by atoms with Gasteiger partial charge in [0.2, 0.25) is 0 Å². The Labute approximate surface area is 95.4 Å². The summed E-state index contributed by atoms with van der Waals surface area (Å²) >= 11 is -1.83. The topological polar surface area (TPSA) is 91.7 Å². The van der Waals surface area contributed by atoms with E-state index in [0.29, 0.717) is 5.56 Å². The molecular formula is C9H7IO5. The Morgan fingerprint density at radius 2 is 1.53 bits per heavy atom. The van der Waals surface area contributed by atoms with Crippen LogP contribution < -0.4 is 0 Å². The number of carboxylic acids is 2. The molecule has 0 spiro atoms. The van der Waals surface area contributed by atoms with Gasteiger partial charge < -0.3 is 10.2 Å². The third kappa shape index (κ3) is 2.38. The summed E-state index contributed by atoms with van der Waals surface area (Å²) in [4.78, 5) is 21.6. The molecule has 0 atom stereocenters. The Morgan fingerprint density at radius 1 is 1.13 bits per heavy atom. The number of aryl methyl sites for hydroxylation is 1. The van der Waals surface area contributed by atoms with Crippen molar-refractivity contribution in [1.29, 1.82) is 0 Å². The molecule has 1 rings (SSSR count). The molecule has 0 heterocycles. The number of benzene rings is 1. The second-order valence-electron chi connectivity index (χ2n) is 2.86. The maximum absolute atomic E-state index is 10.9. The number of rotatable bonds is 3. The van der Waals surface area contributed by atoms with Gasteiger partial charge in [-0.3, -0.25) is 3.07 Å². The van der Waals surface area contributed by atoms with Crippen LogP contribution in [-0.2, 0) is 3.07 Å². The number of halogens is 1. The molecule has 5 nitrogen and oxygen atoms in total. The quantitative estimate of drug-likeness (QED) is 0.829. The zero-order chi connectivity index (χ0) is 11.6. The predicted octanol–water partition coefficient (Wildman–Crippen LogP) is 1.88. The molecule has 0 unspecified atom stereocenters. The maximum Gasteiger partial charge on any atom is 0.336 e. The molecule has 80 valence electrons. The highest BCUT2D eigenvalue weighted by atomic mass is 127. The smallest absolute Gasteiger partial charge is 0.336 e. The van der Waals surface area contributed by atoms with Crippen molar-refractivity contribution in [2.75, 3.05) is 0 Å². The van der Waals surface area contributed by atoms with Gasteiger partial charge in [-0.15, -0.1) is 0 Å². The summed E-state index contributed by atoms with van der Waals surface area (Å²) in [5.41, 5.74) is 0.149. The molecule has 0 aliphatic heterocycles. The minimum Gasteiger partial charge on any atom is -0.478 e. The summed E-state index contributed by atoms with van der Waals surface area (Å²) in [5.74, 6) is -2.52. The molecule has 0 aliphatic rings. The molecule has 1 aromatic rings. The van der Waals surface area contributed by atoms with Gasteiger partial charge in [0.1, 0.15) is 0 Å². The van der Waals surface area contributed by atoms with Crippen molar-refractivity contribution in [3.63, 3.8) is 0 Å². The Bertz CT molecular complexity index is 417. The standard InChI is InChI=1S/C9H7IO5/c1-4-2-5(8(11)12)7(10-15)6(3-4)9(13)14/h2-3H,1H3,(H,11,12)(H,13,14). The fraction of sp³-hybridized carbons (Fsp3) is 0.111. The van der Waals surface area contributed by atoms with E-state index in [0.717, 1.165) is 0 Å². The SMILES string of the molecule is Cc1cc(C(=O)O)c(I=O)c(C(=O)O)c1. The lowest BCUT2D eigenvalue weighted by molar-refractivity contribution is 0.0695. The van der Waals surface area contributed by atoms with Crippen molar-refractivity contribution in [2.24, 2.45) is 0 Å². The van der Waals surface area contributed by atoms with Gasteiger partial charge >= 0.3 is 11.9 Å². The van der Waals surface area contributed by atoms with Gasteiger partial charge in [-0.25, -0.2) is 9.59 Å². The van der Waals surface area contributed by atoms with E-state index in [1.54, 1.807) is 6.92 Å². The molecule has 0 saturated carbocycles.